The van der Waals surface area contributed by atoms with Gasteiger partial charge in [0.25, 0.3) is 0 Å². The number of rotatable bonds is 5. The van der Waals surface area contributed by atoms with Crippen molar-refractivity contribution in [1.29, 1.82) is 5.26 Å². The summed E-state index contributed by atoms with van der Waals surface area (Å²) >= 11 is 0. The van der Waals surface area contributed by atoms with E-state index >= 15 is 0 Å². The van der Waals surface area contributed by atoms with Crippen LogP contribution in [0.25, 0.3) is 0 Å². The largest absolute Gasteiger partial charge is 0.376 e. The molecule has 0 aliphatic carbocycles. The Kier molecular flexibility index (Phi) is 4.47. The molecule has 1 atom stereocenters. The molecule has 2 aromatic rings. The lowest BCUT2D eigenvalue weighted by Gasteiger charge is -2.12. The van der Waals surface area contributed by atoms with Crippen LogP contribution in [0, 0.1) is 11.3 Å². The van der Waals surface area contributed by atoms with E-state index in [-0.39, 0.29) is 6.10 Å². The van der Waals surface area contributed by atoms with E-state index in [1.807, 2.05) is 18.2 Å². The smallest absolute Gasteiger partial charge is 0.229 e. The molecule has 1 aliphatic heterocycles. The van der Waals surface area contributed by atoms with Gasteiger partial charge in [-0.05, 0) is 37.1 Å². The predicted octanol–water partition coefficient (Wildman–Crippen LogP) is 2.68. The number of nitrogens with zero attached hydrogens (tertiary/aromatic N) is 3. The maximum absolute atomic E-state index is 8.92. The van der Waals surface area contributed by atoms with Gasteiger partial charge in [0.05, 0.1) is 17.7 Å². The van der Waals surface area contributed by atoms with Gasteiger partial charge in [0, 0.05) is 25.0 Å². The summed E-state index contributed by atoms with van der Waals surface area (Å²) in [6.45, 7) is 1.60. The van der Waals surface area contributed by atoms with Crippen LogP contribution < -0.4 is 10.6 Å². The van der Waals surface area contributed by atoms with Crippen LogP contribution in [0.15, 0.2) is 36.5 Å². The van der Waals surface area contributed by atoms with Crippen LogP contribution in [-0.2, 0) is 4.74 Å². The normalized spacial score (nSPS) is 17.0. The summed E-state index contributed by atoms with van der Waals surface area (Å²) in [5.41, 5.74) is 1.38. The third kappa shape index (κ3) is 3.71. The second-order valence-corrected chi connectivity index (χ2v) is 5.10. The van der Waals surface area contributed by atoms with Gasteiger partial charge >= 0.3 is 0 Å². The fourth-order valence-electron chi connectivity index (χ4n) is 2.34. The van der Waals surface area contributed by atoms with Crippen LogP contribution >= 0.6 is 0 Å². The van der Waals surface area contributed by atoms with Gasteiger partial charge in [0.15, 0.2) is 0 Å². The summed E-state index contributed by atoms with van der Waals surface area (Å²) in [5, 5.41) is 15.3. The molecule has 1 aliphatic rings. The average Bonchev–Trinajstić information content (AvgIpc) is 3.07. The van der Waals surface area contributed by atoms with Crippen LogP contribution in [0.2, 0.25) is 0 Å². The molecule has 1 saturated heterocycles. The lowest BCUT2D eigenvalue weighted by Crippen LogP contribution is -2.19. The Balaban J connectivity index is 1.64. The zero-order valence-electron chi connectivity index (χ0n) is 12.1. The van der Waals surface area contributed by atoms with Crippen LogP contribution in [0.3, 0.4) is 0 Å². The quantitative estimate of drug-likeness (QED) is 0.882. The molecule has 0 radical (unpaired) electrons. The molecule has 2 heterocycles. The average molecular weight is 295 g/mol. The van der Waals surface area contributed by atoms with Gasteiger partial charge < -0.3 is 15.4 Å². The summed E-state index contributed by atoms with van der Waals surface area (Å²) in [7, 11) is 0. The standard InChI is InChI=1S/C16H17N5O/c17-10-12-3-1-4-13(9-12)20-16-18-7-6-15(21-16)19-11-14-5-2-8-22-14/h1,3-4,6-7,9,14H,2,5,8,11H2,(H2,18,19,20,21). The minimum absolute atomic E-state index is 0.263. The molecule has 0 spiro atoms. The Morgan fingerprint density at radius 3 is 3.14 bits per heavy atom. The van der Waals surface area contributed by atoms with Crippen molar-refractivity contribution in [1.82, 2.24) is 9.97 Å². The van der Waals surface area contributed by atoms with Crippen molar-refractivity contribution in [3.63, 3.8) is 0 Å². The molecular weight excluding hydrogens is 278 g/mol. The molecule has 1 aromatic heterocycles. The molecule has 22 heavy (non-hydrogen) atoms. The van der Waals surface area contributed by atoms with Gasteiger partial charge in [-0.25, -0.2) is 4.98 Å². The van der Waals surface area contributed by atoms with Crippen LogP contribution in [0.4, 0.5) is 17.5 Å². The van der Waals surface area contributed by atoms with Crippen molar-refractivity contribution in [3.05, 3.63) is 42.1 Å². The van der Waals surface area contributed by atoms with Crippen molar-refractivity contribution in [2.45, 2.75) is 18.9 Å². The molecule has 1 fully saturated rings. The first-order valence-corrected chi connectivity index (χ1v) is 7.29. The molecule has 0 saturated carbocycles. The number of nitriles is 1. The Morgan fingerprint density at radius 2 is 2.32 bits per heavy atom. The van der Waals surface area contributed by atoms with E-state index in [0.717, 1.165) is 37.5 Å². The molecule has 0 bridgehead atoms. The molecule has 6 heteroatoms. The van der Waals surface area contributed by atoms with Crippen molar-refractivity contribution < 1.29 is 4.74 Å². The Hall–Kier alpha value is -2.65. The first-order valence-electron chi connectivity index (χ1n) is 7.29. The summed E-state index contributed by atoms with van der Waals surface area (Å²) in [5.74, 6) is 1.25. The third-order valence-electron chi connectivity index (χ3n) is 3.44. The van der Waals surface area contributed by atoms with Crippen molar-refractivity contribution in [2.75, 3.05) is 23.8 Å². The monoisotopic (exact) mass is 295 g/mol. The van der Waals surface area contributed by atoms with Gasteiger partial charge in [0.2, 0.25) is 5.95 Å². The summed E-state index contributed by atoms with van der Waals surface area (Å²) < 4.78 is 5.57. The lowest BCUT2D eigenvalue weighted by atomic mass is 10.2. The van der Waals surface area contributed by atoms with Gasteiger partial charge in [-0.2, -0.15) is 10.2 Å². The van der Waals surface area contributed by atoms with Crippen molar-refractivity contribution in [2.24, 2.45) is 0 Å². The summed E-state index contributed by atoms with van der Waals surface area (Å²) in [6.07, 6.45) is 4.17. The van der Waals surface area contributed by atoms with Crippen molar-refractivity contribution in [3.8, 4) is 6.07 Å². The maximum atomic E-state index is 8.92. The molecule has 1 unspecified atom stereocenters. The molecule has 2 N–H and O–H groups in total. The van der Waals surface area contributed by atoms with E-state index in [9.17, 15) is 0 Å². The maximum Gasteiger partial charge on any atom is 0.229 e. The van der Waals surface area contributed by atoms with E-state index in [4.69, 9.17) is 10.00 Å². The molecule has 0 amide bonds. The van der Waals surface area contributed by atoms with Gasteiger partial charge in [-0.1, -0.05) is 6.07 Å². The van der Waals surface area contributed by atoms with E-state index < -0.39 is 0 Å². The second kappa shape index (κ2) is 6.87. The third-order valence-corrected chi connectivity index (χ3v) is 3.44. The van der Waals surface area contributed by atoms with Crippen LogP contribution in [0.1, 0.15) is 18.4 Å². The van der Waals surface area contributed by atoms with Gasteiger partial charge in [0.1, 0.15) is 5.82 Å². The number of aromatic nitrogens is 2. The Bertz CT molecular complexity index is 676. The fraction of sp³-hybridized carbons (Fsp3) is 0.312. The minimum atomic E-state index is 0.263. The highest BCUT2D eigenvalue weighted by atomic mass is 16.5. The SMILES string of the molecule is N#Cc1cccc(Nc2nccc(NCC3CCCO3)n2)c1. The minimum Gasteiger partial charge on any atom is -0.376 e. The summed E-state index contributed by atoms with van der Waals surface area (Å²) in [4.78, 5) is 8.61. The van der Waals surface area contributed by atoms with Gasteiger partial charge in [-0.15, -0.1) is 0 Å². The van der Waals surface area contributed by atoms with E-state index in [0.29, 0.717) is 11.5 Å². The summed E-state index contributed by atoms with van der Waals surface area (Å²) in [6, 6.07) is 11.1. The van der Waals surface area contributed by atoms with Gasteiger partial charge in [-0.3, -0.25) is 0 Å². The topological polar surface area (TPSA) is 82.9 Å². The number of nitrogens with one attached hydrogen (secondary N) is 2. The molecule has 6 nitrogen and oxygen atoms in total. The molecular formula is C16H17N5O. The fourth-order valence-corrected chi connectivity index (χ4v) is 2.34. The second-order valence-electron chi connectivity index (χ2n) is 5.10. The highest BCUT2D eigenvalue weighted by Crippen LogP contribution is 2.16. The number of benzene rings is 1. The molecule has 1 aromatic carbocycles. The first-order chi connectivity index (χ1) is 10.8. The van der Waals surface area contributed by atoms with Crippen LogP contribution in [0.5, 0.6) is 0 Å². The van der Waals surface area contributed by atoms with Crippen molar-refractivity contribution >= 4 is 17.5 Å². The first kappa shape index (κ1) is 14.3. The zero-order chi connectivity index (χ0) is 15.2. The van der Waals surface area contributed by atoms with E-state index in [1.165, 1.54) is 0 Å². The Morgan fingerprint density at radius 1 is 1.36 bits per heavy atom. The van der Waals surface area contributed by atoms with E-state index in [2.05, 4.69) is 26.7 Å². The molecule has 112 valence electrons. The van der Waals surface area contributed by atoms with Crippen LogP contribution in [-0.4, -0.2) is 29.2 Å². The number of hydrogen-bond donors (Lipinski definition) is 2. The number of anilines is 3. The predicted molar refractivity (Wildman–Crippen MR) is 83.9 cm³/mol. The van der Waals surface area contributed by atoms with E-state index in [1.54, 1.807) is 18.3 Å². The highest BCUT2D eigenvalue weighted by molar-refractivity contribution is 5.57. The number of hydrogen-bond acceptors (Lipinski definition) is 6. The lowest BCUT2D eigenvalue weighted by molar-refractivity contribution is 0.120. The molecule has 3 rings (SSSR count). The Labute approximate surface area is 129 Å². The zero-order valence-corrected chi connectivity index (χ0v) is 12.1. The highest BCUT2D eigenvalue weighted by Gasteiger charge is 2.15. The number of ether oxygens (including phenoxy) is 1.